The molecule has 1 N–H and O–H groups in total. The fourth-order valence-electron chi connectivity index (χ4n) is 6.10. The first-order valence-electron chi connectivity index (χ1n) is 15.0. The van der Waals surface area contributed by atoms with Crippen molar-refractivity contribution in [2.75, 3.05) is 42.4 Å². The summed E-state index contributed by atoms with van der Waals surface area (Å²) in [6.45, 7) is 5.64. The predicted octanol–water partition coefficient (Wildman–Crippen LogP) is 5.21. The quantitative estimate of drug-likeness (QED) is 0.232. The highest BCUT2D eigenvalue weighted by Gasteiger charge is 2.56. The van der Waals surface area contributed by atoms with Gasteiger partial charge in [-0.25, -0.2) is 4.90 Å². The van der Waals surface area contributed by atoms with E-state index in [1.54, 1.807) is 62.8 Å². The average molecular weight is 659 g/mol. The summed E-state index contributed by atoms with van der Waals surface area (Å²) in [5, 5.41) is 2.59. The monoisotopic (exact) mass is 658 g/mol. The lowest BCUT2D eigenvalue weighted by Crippen LogP contribution is -2.33. The van der Waals surface area contributed by atoms with Gasteiger partial charge in [0.1, 0.15) is 23.3 Å². The van der Waals surface area contributed by atoms with E-state index in [0.717, 1.165) is 35.7 Å². The molecule has 6 rings (SSSR count). The van der Waals surface area contributed by atoms with Crippen LogP contribution in [0.2, 0.25) is 0 Å². The van der Waals surface area contributed by atoms with E-state index in [1.807, 2.05) is 24.3 Å². The maximum atomic E-state index is 14.2. The Morgan fingerprint density at radius 3 is 2.04 bits per heavy atom. The Bertz CT molecular complexity index is 1810. The standard InChI is InChI=1S/C34H34N4O6S2/c1-5-36(6-2)22-11-7-20(8-12-22)27-28-29(32(41)38(31(28)40)23-13-17-25(44-4)18-14-23)45-33-30(27)46-34(42)37(33)19-26(39)35-21-9-15-24(43-3)16-10-21/h7-18,27-29H,5-6,19H2,1-4H3,(H,35,39)/t27-,28-,29+/m0/s1. The molecule has 3 atom stereocenters. The lowest BCUT2D eigenvalue weighted by atomic mass is 9.83. The number of fused-ring (bicyclic) bond motifs is 2. The molecule has 2 aliphatic rings. The molecule has 1 saturated heterocycles. The van der Waals surface area contributed by atoms with Gasteiger partial charge in [-0.2, -0.15) is 0 Å². The SMILES string of the molecule is CCN(CC)c1ccc([C@@H]2c3sc(=O)n(CC(=O)Nc4ccc(OC)cc4)c3S[C@H]3C(=O)N(c4ccc(OC)cc4)C(=O)[C@@H]23)cc1. The van der Waals surface area contributed by atoms with Gasteiger partial charge >= 0.3 is 4.87 Å². The second kappa shape index (κ2) is 13.1. The van der Waals surface area contributed by atoms with Gasteiger partial charge in [-0.05, 0) is 80.1 Å². The number of nitrogens with zero attached hydrogens (tertiary/aromatic N) is 3. The zero-order chi connectivity index (χ0) is 32.5. The number of imide groups is 1. The number of rotatable bonds is 10. The molecule has 0 radical (unpaired) electrons. The average Bonchev–Trinajstić information content (AvgIpc) is 3.52. The van der Waals surface area contributed by atoms with E-state index < -0.39 is 17.1 Å². The molecule has 0 saturated carbocycles. The van der Waals surface area contributed by atoms with Crippen LogP contribution < -0.4 is 29.5 Å². The van der Waals surface area contributed by atoms with Crippen LogP contribution in [-0.4, -0.2) is 54.8 Å². The summed E-state index contributed by atoms with van der Waals surface area (Å²) in [6, 6.07) is 21.7. The van der Waals surface area contributed by atoms with Crippen molar-refractivity contribution in [1.29, 1.82) is 0 Å². The van der Waals surface area contributed by atoms with E-state index in [1.165, 1.54) is 21.2 Å². The number of anilines is 3. The van der Waals surface area contributed by atoms with Crippen LogP contribution in [-0.2, 0) is 20.9 Å². The van der Waals surface area contributed by atoms with Crippen molar-refractivity contribution >= 4 is 57.9 Å². The highest BCUT2D eigenvalue weighted by Crippen LogP contribution is 2.54. The molecule has 0 spiro atoms. The fraction of sp³-hybridized carbons (Fsp3) is 0.294. The summed E-state index contributed by atoms with van der Waals surface area (Å²) in [5.74, 6) is -1.07. The number of amides is 3. The summed E-state index contributed by atoms with van der Waals surface area (Å²) < 4.78 is 11.9. The number of hydrogen-bond donors (Lipinski definition) is 1. The topological polar surface area (TPSA) is 110 Å². The summed E-state index contributed by atoms with van der Waals surface area (Å²) in [6.07, 6.45) is 0. The summed E-state index contributed by atoms with van der Waals surface area (Å²) in [5.41, 5.74) is 2.90. The number of thiazole rings is 1. The number of carbonyl (C=O) groups is 3. The molecular formula is C34H34N4O6S2. The molecule has 0 unspecified atom stereocenters. The molecule has 238 valence electrons. The van der Waals surface area contributed by atoms with E-state index in [0.29, 0.717) is 32.8 Å². The van der Waals surface area contributed by atoms with Crippen molar-refractivity contribution < 1.29 is 23.9 Å². The minimum Gasteiger partial charge on any atom is -0.497 e. The Balaban J connectivity index is 1.39. The van der Waals surface area contributed by atoms with Crippen molar-refractivity contribution in [2.24, 2.45) is 5.92 Å². The fourth-order valence-corrected chi connectivity index (χ4v) is 8.87. The maximum absolute atomic E-state index is 14.2. The Kier molecular flexibility index (Phi) is 8.92. The zero-order valence-electron chi connectivity index (χ0n) is 25.9. The molecule has 0 aliphatic carbocycles. The lowest BCUT2D eigenvalue weighted by molar-refractivity contribution is -0.122. The normalized spacial score (nSPS) is 18.6. The Morgan fingerprint density at radius 1 is 0.848 bits per heavy atom. The van der Waals surface area contributed by atoms with Gasteiger partial charge in [-0.15, -0.1) is 0 Å². The van der Waals surface area contributed by atoms with E-state index >= 15 is 0 Å². The number of nitrogens with one attached hydrogen (secondary N) is 1. The number of methoxy groups -OCH3 is 2. The van der Waals surface area contributed by atoms with Gasteiger partial charge in [-0.1, -0.05) is 35.2 Å². The molecule has 1 aromatic heterocycles. The van der Waals surface area contributed by atoms with Crippen molar-refractivity contribution in [3.8, 4) is 11.5 Å². The van der Waals surface area contributed by atoms with Gasteiger partial charge in [0.2, 0.25) is 17.7 Å². The first-order valence-corrected chi connectivity index (χ1v) is 16.7. The van der Waals surface area contributed by atoms with Crippen LogP contribution in [0.15, 0.2) is 82.6 Å². The Hall–Kier alpha value is -4.55. The molecule has 0 bridgehead atoms. The van der Waals surface area contributed by atoms with E-state index in [2.05, 4.69) is 24.1 Å². The smallest absolute Gasteiger partial charge is 0.308 e. The van der Waals surface area contributed by atoms with Crippen LogP contribution in [0, 0.1) is 5.92 Å². The molecule has 46 heavy (non-hydrogen) atoms. The summed E-state index contributed by atoms with van der Waals surface area (Å²) in [4.78, 5) is 58.7. The van der Waals surface area contributed by atoms with Crippen molar-refractivity contribution in [3.63, 3.8) is 0 Å². The van der Waals surface area contributed by atoms with Crippen molar-refractivity contribution in [3.05, 3.63) is 92.9 Å². The number of ether oxygens (including phenoxy) is 2. The molecule has 1 fully saturated rings. The zero-order valence-corrected chi connectivity index (χ0v) is 27.5. The first-order chi connectivity index (χ1) is 22.3. The highest BCUT2D eigenvalue weighted by atomic mass is 32.2. The van der Waals surface area contributed by atoms with Crippen molar-refractivity contribution in [1.82, 2.24) is 4.57 Å². The number of thioether (sulfide) groups is 1. The van der Waals surface area contributed by atoms with E-state index in [-0.39, 0.29) is 29.1 Å². The Morgan fingerprint density at radius 2 is 1.46 bits per heavy atom. The van der Waals surface area contributed by atoms with Gasteiger partial charge in [0.25, 0.3) is 0 Å². The third-order valence-corrected chi connectivity index (χ3v) is 11.0. The van der Waals surface area contributed by atoms with Crippen LogP contribution in [0.5, 0.6) is 11.5 Å². The van der Waals surface area contributed by atoms with Gasteiger partial charge in [-0.3, -0.25) is 23.7 Å². The molecular weight excluding hydrogens is 625 g/mol. The molecule has 4 aromatic rings. The summed E-state index contributed by atoms with van der Waals surface area (Å²) in [7, 11) is 3.12. The van der Waals surface area contributed by atoms with Crippen LogP contribution in [0.4, 0.5) is 17.1 Å². The molecule has 3 amide bonds. The van der Waals surface area contributed by atoms with Crippen molar-refractivity contribution in [2.45, 2.75) is 36.6 Å². The number of aromatic nitrogens is 1. The second-order valence-corrected chi connectivity index (χ2v) is 13.0. The molecule has 2 aliphatic heterocycles. The van der Waals surface area contributed by atoms with E-state index in [9.17, 15) is 19.2 Å². The summed E-state index contributed by atoms with van der Waals surface area (Å²) >= 11 is 2.22. The van der Waals surface area contributed by atoms with Gasteiger partial charge in [0.05, 0.1) is 30.9 Å². The van der Waals surface area contributed by atoms with Gasteiger partial charge in [0.15, 0.2) is 0 Å². The Labute approximate surface area is 274 Å². The van der Waals surface area contributed by atoms with Gasteiger partial charge in [0, 0.05) is 35.3 Å². The van der Waals surface area contributed by atoms with Crippen LogP contribution in [0.3, 0.4) is 0 Å². The number of benzene rings is 3. The number of carbonyl (C=O) groups excluding carboxylic acids is 3. The minimum atomic E-state index is -0.778. The minimum absolute atomic E-state index is 0.237. The van der Waals surface area contributed by atoms with Crippen LogP contribution >= 0.6 is 23.1 Å². The largest absolute Gasteiger partial charge is 0.497 e. The third-order valence-electron chi connectivity index (χ3n) is 8.44. The molecule has 3 aromatic carbocycles. The number of hydrogen-bond acceptors (Lipinski definition) is 9. The van der Waals surface area contributed by atoms with Gasteiger partial charge < -0.3 is 19.7 Å². The molecule has 12 heteroatoms. The predicted molar refractivity (Wildman–Crippen MR) is 181 cm³/mol. The first kappa shape index (κ1) is 31.4. The maximum Gasteiger partial charge on any atom is 0.308 e. The lowest BCUT2D eigenvalue weighted by Gasteiger charge is -2.31. The third kappa shape index (κ3) is 5.67. The highest BCUT2D eigenvalue weighted by molar-refractivity contribution is 8.00. The van der Waals surface area contributed by atoms with Crippen LogP contribution in [0.1, 0.15) is 30.2 Å². The molecule has 10 nitrogen and oxygen atoms in total. The molecule has 3 heterocycles. The van der Waals surface area contributed by atoms with E-state index in [4.69, 9.17) is 9.47 Å². The van der Waals surface area contributed by atoms with Crippen LogP contribution in [0.25, 0.3) is 0 Å². The second-order valence-electron chi connectivity index (χ2n) is 10.9.